The van der Waals surface area contributed by atoms with Crippen LogP contribution in [0.15, 0.2) is 29.3 Å². The third-order valence-corrected chi connectivity index (χ3v) is 4.60. The standard InChI is InChI=1S/C19H26N2O3/c1-13(2)18(22)9-16-11-20-10-15-7-5-6-8-17(15)21(16,24)12-19(23)14(3)4/h5-8,10,13-14,16H,9,11-12H2,1-4H3. The zero-order chi connectivity index (χ0) is 17.9. The number of rotatable bonds is 6. The van der Waals surface area contributed by atoms with Gasteiger partial charge < -0.3 is 9.85 Å². The number of carbonyl (C=O) groups excluding carboxylic acids is 2. The summed E-state index contributed by atoms with van der Waals surface area (Å²) < 4.78 is -0.800. The molecule has 0 aliphatic carbocycles. The maximum Gasteiger partial charge on any atom is 0.190 e. The molecule has 0 aromatic heterocycles. The second-order valence-electron chi connectivity index (χ2n) is 7.11. The number of carbonyl (C=O) groups is 2. The molecule has 0 amide bonds. The number of benzene rings is 1. The molecule has 2 rings (SSSR count). The summed E-state index contributed by atoms with van der Waals surface area (Å²) in [6.07, 6.45) is 1.82. The number of para-hydroxylation sites is 1. The topological polar surface area (TPSA) is 69.6 Å². The second kappa shape index (κ2) is 7.36. The molecule has 0 fully saturated rings. The van der Waals surface area contributed by atoms with Crippen LogP contribution in [0.4, 0.5) is 5.69 Å². The van der Waals surface area contributed by atoms with E-state index >= 15 is 0 Å². The van der Waals surface area contributed by atoms with E-state index in [1.54, 1.807) is 32.2 Å². The molecule has 1 aliphatic rings. The largest absolute Gasteiger partial charge is 0.627 e. The second-order valence-corrected chi connectivity index (χ2v) is 7.11. The maximum absolute atomic E-state index is 13.9. The van der Waals surface area contributed by atoms with Gasteiger partial charge in [0.15, 0.2) is 5.78 Å². The number of fused-ring (bicyclic) bond motifs is 1. The first-order chi connectivity index (χ1) is 11.3. The van der Waals surface area contributed by atoms with Gasteiger partial charge in [0.2, 0.25) is 0 Å². The van der Waals surface area contributed by atoms with Gasteiger partial charge >= 0.3 is 0 Å². The molecule has 1 aromatic carbocycles. The SMILES string of the molecule is CC(C)C(=O)CC1CN=Cc2ccccc2[N+]1([O-])CC(=O)C(C)C. The van der Waals surface area contributed by atoms with Crippen LogP contribution in [0.25, 0.3) is 0 Å². The average Bonchev–Trinajstić information content (AvgIpc) is 2.65. The highest BCUT2D eigenvalue weighted by molar-refractivity contribution is 5.91. The summed E-state index contributed by atoms with van der Waals surface area (Å²) in [4.78, 5) is 29.0. The van der Waals surface area contributed by atoms with Crippen LogP contribution >= 0.6 is 0 Å². The van der Waals surface area contributed by atoms with Gasteiger partial charge in [-0.05, 0) is 6.07 Å². The normalized spacial score (nSPS) is 23.2. The van der Waals surface area contributed by atoms with Crippen LogP contribution in [0.1, 0.15) is 39.7 Å². The minimum atomic E-state index is -0.800. The molecule has 24 heavy (non-hydrogen) atoms. The van der Waals surface area contributed by atoms with Gasteiger partial charge in [-0.1, -0.05) is 39.8 Å². The molecule has 0 saturated heterocycles. The van der Waals surface area contributed by atoms with Gasteiger partial charge in [0.25, 0.3) is 0 Å². The quantitative estimate of drug-likeness (QED) is 0.594. The Balaban J connectivity index is 2.46. The molecule has 5 nitrogen and oxygen atoms in total. The Morgan fingerprint density at radius 2 is 1.79 bits per heavy atom. The molecule has 0 saturated carbocycles. The molecular weight excluding hydrogens is 304 g/mol. The van der Waals surface area contributed by atoms with Crippen LogP contribution in [-0.4, -0.2) is 36.9 Å². The zero-order valence-corrected chi connectivity index (χ0v) is 14.9. The lowest BCUT2D eigenvalue weighted by Gasteiger charge is -2.47. The molecule has 0 spiro atoms. The summed E-state index contributed by atoms with van der Waals surface area (Å²) in [6.45, 7) is 7.34. The molecule has 2 atom stereocenters. The number of aliphatic imine (C=N–C) groups is 1. The molecule has 5 heteroatoms. The van der Waals surface area contributed by atoms with Gasteiger partial charge in [0.1, 0.15) is 24.1 Å². The van der Waals surface area contributed by atoms with Crippen molar-refractivity contribution in [2.75, 3.05) is 13.1 Å². The summed E-state index contributed by atoms with van der Waals surface area (Å²) in [5.41, 5.74) is 1.25. The van der Waals surface area contributed by atoms with Crippen molar-refractivity contribution in [3.05, 3.63) is 35.0 Å². The van der Waals surface area contributed by atoms with Crippen LogP contribution in [0.3, 0.4) is 0 Å². The number of ketones is 2. The lowest BCUT2D eigenvalue weighted by molar-refractivity contribution is -0.125. The van der Waals surface area contributed by atoms with E-state index in [9.17, 15) is 14.8 Å². The van der Waals surface area contributed by atoms with Gasteiger partial charge in [0, 0.05) is 24.1 Å². The van der Waals surface area contributed by atoms with Crippen LogP contribution < -0.4 is 4.65 Å². The fourth-order valence-corrected chi connectivity index (χ4v) is 2.85. The van der Waals surface area contributed by atoms with E-state index in [1.807, 2.05) is 26.0 Å². The molecule has 2 unspecified atom stereocenters. The molecule has 0 radical (unpaired) electrons. The highest BCUT2D eigenvalue weighted by Gasteiger charge is 2.38. The third kappa shape index (κ3) is 3.79. The van der Waals surface area contributed by atoms with Gasteiger partial charge in [-0.15, -0.1) is 0 Å². The summed E-state index contributed by atoms with van der Waals surface area (Å²) in [5.74, 6) is -0.415. The minimum absolute atomic E-state index is 0.0323. The number of quaternary nitrogens is 1. The van der Waals surface area contributed by atoms with Crippen molar-refractivity contribution in [1.29, 1.82) is 0 Å². The number of Topliss-reactive ketones (excluding diaryl/α,β-unsaturated/α-hetero) is 2. The Labute approximate surface area is 143 Å². The summed E-state index contributed by atoms with van der Waals surface area (Å²) in [5, 5.41) is 13.9. The van der Waals surface area contributed by atoms with Gasteiger partial charge in [-0.2, -0.15) is 0 Å². The van der Waals surface area contributed by atoms with Crippen molar-refractivity contribution in [1.82, 2.24) is 4.65 Å². The van der Waals surface area contributed by atoms with E-state index in [-0.39, 0.29) is 42.9 Å². The Kier molecular flexibility index (Phi) is 5.67. The summed E-state index contributed by atoms with van der Waals surface area (Å²) in [6, 6.07) is 6.65. The van der Waals surface area contributed by atoms with Crippen molar-refractivity contribution in [3.63, 3.8) is 0 Å². The lowest BCUT2D eigenvalue weighted by atomic mass is 9.98. The molecule has 1 aliphatic heterocycles. The van der Waals surface area contributed by atoms with Gasteiger partial charge in [0.05, 0.1) is 18.5 Å². The van der Waals surface area contributed by atoms with Crippen molar-refractivity contribution in [2.45, 2.75) is 40.2 Å². The summed E-state index contributed by atoms with van der Waals surface area (Å²) >= 11 is 0. The number of hydroxylamine groups is 2. The van der Waals surface area contributed by atoms with E-state index in [0.29, 0.717) is 5.69 Å². The van der Waals surface area contributed by atoms with Crippen LogP contribution in [0.5, 0.6) is 0 Å². The highest BCUT2D eigenvalue weighted by atomic mass is 16.5. The molecule has 130 valence electrons. The van der Waals surface area contributed by atoms with Crippen LogP contribution in [-0.2, 0) is 9.59 Å². The first kappa shape index (κ1) is 18.5. The van der Waals surface area contributed by atoms with Crippen molar-refractivity contribution in [2.24, 2.45) is 16.8 Å². The van der Waals surface area contributed by atoms with Crippen molar-refractivity contribution < 1.29 is 9.59 Å². The highest BCUT2D eigenvalue weighted by Crippen LogP contribution is 2.33. The average molecular weight is 330 g/mol. The zero-order valence-electron chi connectivity index (χ0n) is 14.9. The number of nitrogens with zero attached hydrogens (tertiary/aromatic N) is 2. The van der Waals surface area contributed by atoms with Crippen LogP contribution in [0.2, 0.25) is 0 Å². The van der Waals surface area contributed by atoms with E-state index < -0.39 is 10.7 Å². The van der Waals surface area contributed by atoms with E-state index in [0.717, 1.165) is 5.56 Å². The molecule has 1 aromatic rings. The number of hydrogen-bond donors (Lipinski definition) is 0. The Bertz CT molecular complexity index is 652. The molecule has 0 N–H and O–H groups in total. The molecular formula is C19H26N2O3. The fourth-order valence-electron chi connectivity index (χ4n) is 2.85. The monoisotopic (exact) mass is 330 g/mol. The molecule has 1 heterocycles. The minimum Gasteiger partial charge on any atom is -0.627 e. The first-order valence-electron chi connectivity index (χ1n) is 8.49. The van der Waals surface area contributed by atoms with E-state index in [2.05, 4.69) is 4.99 Å². The number of hydrogen-bond acceptors (Lipinski definition) is 4. The Morgan fingerprint density at radius 1 is 1.17 bits per heavy atom. The molecule has 0 bridgehead atoms. The first-order valence-corrected chi connectivity index (χ1v) is 8.49. The summed E-state index contributed by atoms with van der Waals surface area (Å²) in [7, 11) is 0. The Morgan fingerprint density at radius 3 is 2.42 bits per heavy atom. The number of benzodiazepines with no additional fused rings is 1. The van der Waals surface area contributed by atoms with Crippen LogP contribution in [0, 0.1) is 17.0 Å². The maximum atomic E-state index is 13.9. The van der Waals surface area contributed by atoms with Crippen molar-refractivity contribution >= 4 is 23.5 Å². The van der Waals surface area contributed by atoms with Gasteiger partial charge in [-0.25, -0.2) is 0 Å². The van der Waals surface area contributed by atoms with E-state index in [4.69, 9.17) is 0 Å². The van der Waals surface area contributed by atoms with Gasteiger partial charge in [-0.3, -0.25) is 14.6 Å². The third-order valence-electron chi connectivity index (χ3n) is 4.60. The predicted octanol–water partition coefficient (Wildman–Crippen LogP) is 3.13. The lowest BCUT2D eigenvalue weighted by Crippen LogP contribution is -2.57. The van der Waals surface area contributed by atoms with Crippen molar-refractivity contribution in [3.8, 4) is 0 Å². The Hall–Kier alpha value is -1.85. The predicted molar refractivity (Wildman–Crippen MR) is 97.0 cm³/mol. The smallest absolute Gasteiger partial charge is 0.190 e. The van der Waals surface area contributed by atoms with E-state index in [1.165, 1.54) is 0 Å². The fraction of sp³-hybridized carbons (Fsp3) is 0.526.